The molecular formula is C18H30O8Si2. The summed E-state index contributed by atoms with van der Waals surface area (Å²) in [5, 5.41) is 0. The Morgan fingerprint density at radius 2 is 0.679 bits per heavy atom. The van der Waals surface area contributed by atoms with Crippen LogP contribution in [0.25, 0.3) is 11.1 Å². The van der Waals surface area contributed by atoms with Gasteiger partial charge >= 0.3 is 18.1 Å². The minimum atomic E-state index is -3.17. The lowest BCUT2D eigenvalue weighted by atomic mass is 10.1. The maximum atomic E-state index is 8.91. The number of rotatable bonds is 7. The smallest absolute Gasteiger partial charge is 0.367 e. The third-order valence-corrected chi connectivity index (χ3v) is 6.52. The zero-order valence-corrected chi connectivity index (χ0v) is 19.1. The van der Waals surface area contributed by atoms with Crippen molar-refractivity contribution in [1.29, 1.82) is 0 Å². The highest BCUT2D eigenvalue weighted by atomic mass is 28.4. The zero-order chi connectivity index (χ0) is 21.5. The van der Waals surface area contributed by atoms with Gasteiger partial charge in [-0.05, 0) is 11.1 Å². The molecule has 0 bridgehead atoms. The normalized spacial score (nSPS) is 11.0. The van der Waals surface area contributed by atoms with Crippen molar-refractivity contribution < 1.29 is 36.1 Å². The van der Waals surface area contributed by atoms with Crippen LogP contribution in [0.2, 0.25) is 0 Å². The molecule has 0 saturated heterocycles. The van der Waals surface area contributed by atoms with Crippen LogP contribution >= 0.6 is 0 Å². The molecule has 0 radical (unpaired) electrons. The summed E-state index contributed by atoms with van der Waals surface area (Å²) in [6.45, 7) is 0. The van der Waals surface area contributed by atoms with Gasteiger partial charge in [-0.3, -0.25) is 0 Å². The molecule has 0 fully saturated rings. The van der Waals surface area contributed by atoms with Gasteiger partial charge in [-0.25, -0.2) is 0 Å². The van der Waals surface area contributed by atoms with E-state index in [0.29, 0.717) is 0 Å². The Kier molecular flexibility index (Phi) is 13.8. The van der Waals surface area contributed by atoms with E-state index in [1.54, 1.807) is 0 Å². The number of benzene rings is 2. The van der Waals surface area contributed by atoms with Gasteiger partial charge in [0.15, 0.2) is 0 Å². The Hall–Kier alpha value is -1.45. The molecule has 2 aromatic carbocycles. The predicted octanol–water partition coefficient (Wildman–Crippen LogP) is 2.06. The first-order valence-electron chi connectivity index (χ1n) is 8.19. The number of hydrogen-bond donors (Lipinski definition) is 2. The van der Waals surface area contributed by atoms with Crippen LogP contribution in [0.3, 0.4) is 0 Å². The molecule has 0 unspecified atom stereocenters. The predicted molar refractivity (Wildman–Crippen MR) is 110 cm³/mol. The molecule has 2 aromatic rings. The quantitative estimate of drug-likeness (QED) is 0.645. The van der Waals surface area contributed by atoms with Crippen molar-refractivity contribution in [2.75, 3.05) is 42.7 Å². The van der Waals surface area contributed by atoms with Crippen molar-refractivity contribution in [3.8, 4) is 11.1 Å². The SMILES string of the molecule is CO[Si](O)(OC)OC.CO[Si](O)(OC)OC.c1ccc(-c2ccccc2)cc1. The fourth-order valence-corrected chi connectivity index (χ4v) is 2.76. The first-order valence-corrected chi connectivity index (χ1v) is 11.5. The van der Waals surface area contributed by atoms with Gasteiger partial charge in [-0.15, -0.1) is 0 Å². The zero-order valence-electron chi connectivity index (χ0n) is 17.1. The van der Waals surface area contributed by atoms with E-state index in [4.69, 9.17) is 9.59 Å². The standard InChI is InChI=1S/C12H10.2C3H10O4Si/c1-3-7-11(8-4-1)12-9-5-2-6-10-12;2*1-5-8(4,6-2)7-3/h1-10H;2*4H,1-3H3. The van der Waals surface area contributed by atoms with E-state index >= 15 is 0 Å². The van der Waals surface area contributed by atoms with E-state index in [-0.39, 0.29) is 0 Å². The van der Waals surface area contributed by atoms with Gasteiger partial charge < -0.3 is 36.1 Å². The third-order valence-electron chi connectivity index (χ3n) is 3.43. The molecule has 0 amide bonds. The minimum Gasteiger partial charge on any atom is -0.367 e. The van der Waals surface area contributed by atoms with Crippen molar-refractivity contribution in [3.63, 3.8) is 0 Å². The minimum absolute atomic E-state index is 1.28. The van der Waals surface area contributed by atoms with E-state index < -0.39 is 18.1 Å². The van der Waals surface area contributed by atoms with Gasteiger partial charge in [0.2, 0.25) is 0 Å². The summed E-state index contributed by atoms with van der Waals surface area (Å²) in [7, 11) is 1.65. The molecule has 0 heterocycles. The molecule has 0 saturated carbocycles. The molecule has 0 aliphatic rings. The van der Waals surface area contributed by atoms with Crippen molar-refractivity contribution in [2.45, 2.75) is 0 Å². The van der Waals surface area contributed by atoms with Gasteiger partial charge in [-0.1, -0.05) is 60.7 Å². The topological polar surface area (TPSA) is 95.8 Å². The van der Waals surface area contributed by atoms with Gasteiger partial charge in [0.25, 0.3) is 0 Å². The molecule has 0 aliphatic heterocycles. The largest absolute Gasteiger partial charge is 0.676 e. The maximum Gasteiger partial charge on any atom is 0.676 e. The summed E-state index contributed by atoms with van der Waals surface area (Å²) in [6.07, 6.45) is 0. The van der Waals surface area contributed by atoms with E-state index in [2.05, 4.69) is 75.1 Å². The highest BCUT2D eigenvalue weighted by Crippen LogP contribution is 2.17. The molecule has 2 N–H and O–H groups in total. The summed E-state index contributed by atoms with van der Waals surface area (Å²) in [5.41, 5.74) is 2.55. The molecule has 0 aromatic heterocycles. The summed E-state index contributed by atoms with van der Waals surface area (Å²) in [5.74, 6) is 0. The Labute approximate surface area is 169 Å². The van der Waals surface area contributed by atoms with Crippen LogP contribution < -0.4 is 0 Å². The van der Waals surface area contributed by atoms with E-state index in [9.17, 15) is 0 Å². The second-order valence-electron chi connectivity index (χ2n) is 5.00. The molecule has 0 atom stereocenters. The number of hydrogen-bond acceptors (Lipinski definition) is 8. The first-order chi connectivity index (χ1) is 13.3. The second-order valence-corrected chi connectivity index (χ2v) is 9.55. The second kappa shape index (κ2) is 14.5. The lowest BCUT2D eigenvalue weighted by molar-refractivity contribution is 0.0409. The maximum absolute atomic E-state index is 8.91. The fourth-order valence-electron chi connectivity index (χ4n) is 1.76. The van der Waals surface area contributed by atoms with E-state index in [0.717, 1.165) is 0 Å². The lowest BCUT2D eigenvalue weighted by Gasteiger charge is -2.14. The summed E-state index contributed by atoms with van der Waals surface area (Å²) in [4.78, 5) is 17.8. The van der Waals surface area contributed by atoms with Crippen LogP contribution in [0.4, 0.5) is 0 Å². The average Bonchev–Trinajstić information content (AvgIpc) is 2.80. The molecule has 10 heteroatoms. The van der Waals surface area contributed by atoms with Crippen molar-refractivity contribution in [2.24, 2.45) is 0 Å². The van der Waals surface area contributed by atoms with Crippen LogP contribution in [-0.4, -0.2) is 70.3 Å². The monoisotopic (exact) mass is 430 g/mol. The Bertz CT molecular complexity index is 535. The summed E-state index contributed by atoms with van der Waals surface area (Å²) in [6, 6.07) is 20.8. The van der Waals surface area contributed by atoms with Crippen molar-refractivity contribution >= 4 is 18.1 Å². The van der Waals surface area contributed by atoms with Gasteiger partial charge in [-0.2, -0.15) is 0 Å². The van der Waals surface area contributed by atoms with Crippen LogP contribution in [0.5, 0.6) is 0 Å². The Morgan fingerprint density at radius 1 is 0.464 bits per heavy atom. The molecular weight excluding hydrogens is 400 g/mol. The summed E-state index contributed by atoms with van der Waals surface area (Å²) < 4.78 is 26.9. The van der Waals surface area contributed by atoms with Gasteiger partial charge in [0.05, 0.1) is 0 Å². The van der Waals surface area contributed by atoms with E-state index in [1.807, 2.05) is 12.1 Å². The highest BCUT2D eigenvalue weighted by molar-refractivity contribution is 6.52. The molecule has 0 aliphatic carbocycles. The molecule has 8 nitrogen and oxygen atoms in total. The fraction of sp³-hybridized carbons (Fsp3) is 0.333. The summed E-state index contributed by atoms with van der Waals surface area (Å²) >= 11 is 0. The third kappa shape index (κ3) is 10.2. The Balaban J connectivity index is 0.000000408. The first kappa shape index (κ1) is 26.6. The molecule has 158 valence electrons. The van der Waals surface area contributed by atoms with Crippen molar-refractivity contribution in [1.82, 2.24) is 0 Å². The van der Waals surface area contributed by atoms with Crippen LogP contribution in [0, 0.1) is 0 Å². The average molecular weight is 431 g/mol. The molecule has 2 rings (SSSR count). The van der Waals surface area contributed by atoms with E-state index in [1.165, 1.54) is 53.8 Å². The molecule has 0 spiro atoms. The lowest BCUT2D eigenvalue weighted by Crippen LogP contribution is -2.42. The van der Waals surface area contributed by atoms with Crippen LogP contribution in [0.1, 0.15) is 0 Å². The highest BCUT2D eigenvalue weighted by Gasteiger charge is 2.37. The Morgan fingerprint density at radius 3 is 0.821 bits per heavy atom. The molecule has 28 heavy (non-hydrogen) atoms. The van der Waals surface area contributed by atoms with Crippen molar-refractivity contribution in [3.05, 3.63) is 60.7 Å². The van der Waals surface area contributed by atoms with Crippen LogP contribution in [-0.2, 0) is 26.6 Å². The van der Waals surface area contributed by atoms with Gasteiger partial charge in [0, 0.05) is 42.7 Å². The van der Waals surface area contributed by atoms with Crippen LogP contribution in [0.15, 0.2) is 60.7 Å². The van der Waals surface area contributed by atoms with Gasteiger partial charge in [0.1, 0.15) is 0 Å².